The number of hydrogen-bond acceptors (Lipinski definition) is 7. The van der Waals surface area contributed by atoms with E-state index in [0.29, 0.717) is 11.9 Å². The van der Waals surface area contributed by atoms with E-state index in [1.54, 1.807) is 13.4 Å². The molecule has 1 N–H and O–H groups in total. The molecule has 1 aliphatic heterocycles. The zero-order valence-electron chi connectivity index (χ0n) is 12.9. The van der Waals surface area contributed by atoms with E-state index < -0.39 is 0 Å². The van der Waals surface area contributed by atoms with Crippen LogP contribution >= 0.6 is 0 Å². The van der Waals surface area contributed by atoms with Crippen LogP contribution in [0.15, 0.2) is 24.8 Å². The van der Waals surface area contributed by atoms with Crippen molar-refractivity contribution in [3.05, 3.63) is 30.5 Å². The number of hydrogen-bond donors (Lipinski definition) is 1. The number of ether oxygens (including phenoxy) is 1. The molecular weight excluding hydrogens is 280 g/mol. The minimum Gasteiger partial charge on any atom is -0.481 e. The number of piperidine rings is 1. The van der Waals surface area contributed by atoms with Crippen molar-refractivity contribution < 1.29 is 4.74 Å². The number of aromatic nitrogens is 4. The summed E-state index contributed by atoms with van der Waals surface area (Å²) in [4.78, 5) is 19.0. The van der Waals surface area contributed by atoms with E-state index in [0.717, 1.165) is 43.3 Å². The summed E-state index contributed by atoms with van der Waals surface area (Å²) in [5.74, 6) is 2.39. The molecule has 0 saturated carbocycles. The standard InChI is InChI=1S/C15H20N6O/c1-11-7-14(18-9-16-11)21-5-3-12(4-6-21)20-13-8-15(22-2)19-10-17-13/h7-10,12H,3-6H2,1-2H3,(H,17,19,20). The third kappa shape index (κ3) is 3.41. The number of aryl methyl sites for hydroxylation is 1. The van der Waals surface area contributed by atoms with Crippen molar-refractivity contribution in [2.24, 2.45) is 0 Å². The number of nitrogens with one attached hydrogen (secondary N) is 1. The molecule has 0 aliphatic carbocycles. The van der Waals surface area contributed by atoms with Crippen LogP contribution in [0.3, 0.4) is 0 Å². The maximum Gasteiger partial charge on any atom is 0.218 e. The summed E-state index contributed by atoms with van der Waals surface area (Å²) in [7, 11) is 1.61. The molecule has 1 fully saturated rings. The van der Waals surface area contributed by atoms with Crippen LogP contribution in [-0.2, 0) is 0 Å². The van der Waals surface area contributed by atoms with Gasteiger partial charge in [0.15, 0.2) is 0 Å². The quantitative estimate of drug-likeness (QED) is 0.920. The van der Waals surface area contributed by atoms with Crippen molar-refractivity contribution in [1.82, 2.24) is 19.9 Å². The second-order valence-corrected chi connectivity index (χ2v) is 5.37. The molecule has 2 aromatic rings. The normalized spacial score (nSPS) is 15.6. The first kappa shape index (κ1) is 14.5. The topological polar surface area (TPSA) is 76.1 Å². The Kier molecular flexibility index (Phi) is 4.32. The third-order valence-corrected chi connectivity index (χ3v) is 3.81. The Morgan fingerprint density at radius 3 is 2.59 bits per heavy atom. The molecule has 0 aromatic carbocycles. The van der Waals surface area contributed by atoms with Gasteiger partial charge in [-0.25, -0.2) is 19.9 Å². The van der Waals surface area contributed by atoms with Crippen LogP contribution in [0.2, 0.25) is 0 Å². The molecule has 3 heterocycles. The maximum absolute atomic E-state index is 5.12. The Morgan fingerprint density at radius 2 is 1.86 bits per heavy atom. The summed E-state index contributed by atoms with van der Waals surface area (Å²) in [6.07, 6.45) is 5.22. The average Bonchev–Trinajstić information content (AvgIpc) is 2.56. The first-order valence-electron chi connectivity index (χ1n) is 7.41. The minimum absolute atomic E-state index is 0.402. The van der Waals surface area contributed by atoms with Gasteiger partial charge in [0, 0.05) is 37.0 Å². The predicted octanol–water partition coefficient (Wildman–Crippen LogP) is 1.66. The highest BCUT2D eigenvalue weighted by Crippen LogP contribution is 2.20. The van der Waals surface area contributed by atoms with Crippen LogP contribution < -0.4 is 15.0 Å². The van der Waals surface area contributed by atoms with Crippen molar-refractivity contribution in [3.63, 3.8) is 0 Å². The maximum atomic E-state index is 5.12. The third-order valence-electron chi connectivity index (χ3n) is 3.81. The first-order chi connectivity index (χ1) is 10.7. The van der Waals surface area contributed by atoms with Crippen molar-refractivity contribution in [2.45, 2.75) is 25.8 Å². The summed E-state index contributed by atoms with van der Waals surface area (Å²) in [5, 5.41) is 3.45. The number of nitrogens with zero attached hydrogens (tertiary/aromatic N) is 5. The lowest BCUT2D eigenvalue weighted by molar-refractivity contribution is 0.397. The van der Waals surface area contributed by atoms with E-state index in [9.17, 15) is 0 Å². The molecule has 7 heteroatoms. The van der Waals surface area contributed by atoms with Gasteiger partial charge >= 0.3 is 0 Å². The van der Waals surface area contributed by atoms with Gasteiger partial charge in [0.05, 0.1) is 7.11 Å². The van der Waals surface area contributed by atoms with Crippen LogP contribution in [-0.4, -0.2) is 46.2 Å². The van der Waals surface area contributed by atoms with Crippen LogP contribution in [0.4, 0.5) is 11.6 Å². The van der Waals surface area contributed by atoms with Gasteiger partial charge in [-0.2, -0.15) is 0 Å². The molecule has 2 aromatic heterocycles. The highest BCUT2D eigenvalue weighted by molar-refractivity contribution is 5.41. The molecule has 3 rings (SSSR count). The van der Waals surface area contributed by atoms with E-state index in [1.165, 1.54) is 6.33 Å². The Hall–Kier alpha value is -2.44. The van der Waals surface area contributed by atoms with Gasteiger partial charge in [-0.15, -0.1) is 0 Å². The molecule has 0 unspecified atom stereocenters. The molecular formula is C15H20N6O. The molecule has 0 amide bonds. The smallest absolute Gasteiger partial charge is 0.218 e. The van der Waals surface area contributed by atoms with Crippen molar-refractivity contribution in [3.8, 4) is 5.88 Å². The van der Waals surface area contributed by atoms with Gasteiger partial charge in [-0.1, -0.05) is 0 Å². The second-order valence-electron chi connectivity index (χ2n) is 5.37. The summed E-state index contributed by atoms with van der Waals surface area (Å²) in [6, 6.07) is 4.25. The van der Waals surface area contributed by atoms with Gasteiger partial charge < -0.3 is 15.0 Å². The van der Waals surface area contributed by atoms with E-state index in [1.807, 2.05) is 19.1 Å². The lowest BCUT2D eigenvalue weighted by Crippen LogP contribution is -2.39. The Bertz CT molecular complexity index is 627. The van der Waals surface area contributed by atoms with Crippen LogP contribution in [0.25, 0.3) is 0 Å². The van der Waals surface area contributed by atoms with Crippen molar-refractivity contribution >= 4 is 11.6 Å². The molecule has 0 atom stereocenters. The fourth-order valence-corrected chi connectivity index (χ4v) is 2.61. The zero-order chi connectivity index (χ0) is 15.4. The largest absolute Gasteiger partial charge is 0.481 e. The van der Waals surface area contributed by atoms with Gasteiger partial charge in [0.25, 0.3) is 0 Å². The summed E-state index contributed by atoms with van der Waals surface area (Å²) in [6.45, 7) is 3.93. The summed E-state index contributed by atoms with van der Waals surface area (Å²) in [5.41, 5.74) is 0.998. The van der Waals surface area contributed by atoms with Gasteiger partial charge in [-0.05, 0) is 19.8 Å². The molecule has 0 bridgehead atoms. The first-order valence-corrected chi connectivity index (χ1v) is 7.41. The van der Waals surface area contributed by atoms with Crippen LogP contribution in [0.5, 0.6) is 5.88 Å². The van der Waals surface area contributed by atoms with E-state index >= 15 is 0 Å². The number of methoxy groups -OCH3 is 1. The second kappa shape index (κ2) is 6.55. The fraction of sp³-hybridized carbons (Fsp3) is 0.467. The summed E-state index contributed by atoms with van der Waals surface area (Å²) >= 11 is 0. The molecule has 7 nitrogen and oxygen atoms in total. The average molecular weight is 300 g/mol. The lowest BCUT2D eigenvalue weighted by atomic mass is 10.1. The van der Waals surface area contributed by atoms with Crippen molar-refractivity contribution in [2.75, 3.05) is 30.4 Å². The molecule has 1 saturated heterocycles. The Morgan fingerprint density at radius 1 is 1.09 bits per heavy atom. The van der Waals surface area contributed by atoms with Gasteiger partial charge in [-0.3, -0.25) is 0 Å². The minimum atomic E-state index is 0.402. The fourth-order valence-electron chi connectivity index (χ4n) is 2.61. The van der Waals surface area contributed by atoms with Crippen LogP contribution in [0, 0.1) is 6.92 Å². The Balaban J connectivity index is 1.57. The van der Waals surface area contributed by atoms with Gasteiger partial charge in [0.1, 0.15) is 24.3 Å². The van der Waals surface area contributed by atoms with Crippen molar-refractivity contribution in [1.29, 1.82) is 0 Å². The predicted molar refractivity (Wildman–Crippen MR) is 84.2 cm³/mol. The molecule has 116 valence electrons. The summed E-state index contributed by atoms with van der Waals surface area (Å²) < 4.78 is 5.12. The van der Waals surface area contributed by atoms with E-state index in [2.05, 4.69) is 30.2 Å². The van der Waals surface area contributed by atoms with Gasteiger partial charge in [0.2, 0.25) is 5.88 Å². The zero-order valence-corrected chi connectivity index (χ0v) is 12.9. The SMILES string of the molecule is COc1cc(NC2CCN(c3cc(C)ncn3)CC2)ncn1. The van der Waals surface area contributed by atoms with E-state index in [-0.39, 0.29) is 0 Å². The molecule has 22 heavy (non-hydrogen) atoms. The molecule has 0 radical (unpaired) electrons. The lowest BCUT2D eigenvalue weighted by Gasteiger charge is -2.33. The monoisotopic (exact) mass is 300 g/mol. The van der Waals surface area contributed by atoms with Crippen LogP contribution in [0.1, 0.15) is 18.5 Å². The number of anilines is 2. The highest BCUT2D eigenvalue weighted by atomic mass is 16.5. The Labute approximate surface area is 129 Å². The highest BCUT2D eigenvalue weighted by Gasteiger charge is 2.20. The van der Waals surface area contributed by atoms with E-state index in [4.69, 9.17) is 4.74 Å². The molecule has 1 aliphatic rings. The number of rotatable bonds is 4. The molecule has 0 spiro atoms.